The van der Waals surface area contributed by atoms with Crippen LogP contribution in [0, 0.1) is 0 Å². The van der Waals surface area contributed by atoms with Crippen LogP contribution in [-0.4, -0.2) is 54.6 Å². The van der Waals surface area contributed by atoms with E-state index in [2.05, 4.69) is 0 Å². The number of hydrogen-bond donors (Lipinski definition) is 0. The third kappa shape index (κ3) is 3.79. The summed E-state index contributed by atoms with van der Waals surface area (Å²) in [5.41, 5.74) is 2.05. The minimum Gasteiger partial charge on any atom is -0.330 e. The lowest BCUT2D eigenvalue weighted by atomic mass is 9.93. The standard InChI is InChI=1S/C18H30O6/c1-13(17(19-3,20-4)21-5)15-9-11-16(12-10-15)14(2)18(22-6,23-7)24-8/h9-14H,1-8H3. The maximum Gasteiger partial charge on any atom is 0.289 e. The molecule has 0 aromatic heterocycles. The molecular weight excluding hydrogens is 312 g/mol. The van der Waals surface area contributed by atoms with Gasteiger partial charge in [-0.15, -0.1) is 0 Å². The summed E-state index contributed by atoms with van der Waals surface area (Å²) in [6.45, 7) is 3.97. The van der Waals surface area contributed by atoms with Gasteiger partial charge in [-0.3, -0.25) is 0 Å². The number of methoxy groups -OCH3 is 6. The van der Waals surface area contributed by atoms with Gasteiger partial charge in [0.05, 0.1) is 11.8 Å². The molecule has 24 heavy (non-hydrogen) atoms. The fraction of sp³-hybridized carbons (Fsp3) is 0.667. The lowest BCUT2D eigenvalue weighted by Crippen LogP contribution is -2.42. The third-order valence-corrected chi connectivity index (χ3v) is 4.70. The predicted molar refractivity (Wildman–Crippen MR) is 90.8 cm³/mol. The summed E-state index contributed by atoms with van der Waals surface area (Å²) < 4.78 is 32.6. The first-order chi connectivity index (χ1) is 11.4. The maximum atomic E-state index is 5.43. The molecule has 0 saturated carbocycles. The van der Waals surface area contributed by atoms with Crippen LogP contribution in [0.1, 0.15) is 36.8 Å². The second-order valence-corrected chi connectivity index (χ2v) is 5.54. The average molecular weight is 342 g/mol. The van der Waals surface area contributed by atoms with Crippen LogP contribution >= 0.6 is 0 Å². The molecule has 0 fully saturated rings. The van der Waals surface area contributed by atoms with Gasteiger partial charge in [0.1, 0.15) is 0 Å². The predicted octanol–water partition coefficient (Wildman–Crippen LogP) is 3.08. The molecule has 0 bridgehead atoms. The second-order valence-electron chi connectivity index (χ2n) is 5.54. The molecule has 138 valence electrons. The molecule has 0 aliphatic carbocycles. The third-order valence-electron chi connectivity index (χ3n) is 4.70. The highest BCUT2D eigenvalue weighted by Gasteiger charge is 2.40. The Labute approximate surface area is 144 Å². The Morgan fingerprint density at radius 2 is 0.750 bits per heavy atom. The van der Waals surface area contributed by atoms with Crippen LogP contribution in [0.5, 0.6) is 0 Å². The van der Waals surface area contributed by atoms with Gasteiger partial charge in [-0.1, -0.05) is 38.1 Å². The van der Waals surface area contributed by atoms with Crippen molar-refractivity contribution in [1.82, 2.24) is 0 Å². The molecule has 0 heterocycles. The molecule has 6 nitrogen and oxygen atoms in total. The molecule has 6 heteroatoms. The van der Waals surface area contributed by atoms with Crippen LogP contribution in [0.4, 0.5) is 0 Å². The van der Waals surface area contributed by atoms with Gasteiger partial charge in [-0.2, -0.15) is 0 Å². The number of benzene rings is 1. The Morgan fingerprint density at radius 1 is 0.542 bits per heavy atom. The number of hydrogen-bond acceptors (Lipinski definition) is 6. The summed E-state index contributed by atoms with van der Waals surface area (Å²) >= 11 is 0. The van der Waals surface area contributed by atoms with Crippen molar-refractivity contribution in [2.45, 2.75) is 37.6 Å². The van der Waals surface area contributed by atoms with Crippen molar-refractivity contribution < 1.29 is 28.4 Å². The summed E-state index contributed by atoms with van der Waals surface area (Å²) in [6, 6.07) is 8.03. The Hall–Kier alpha value is -1.02. The van der Waals surface area contributed by atoms with Crippen LogP contribution < -0.4 is 0 Å². The highest BCUT2D eigenvalue weighted by atomic mass is 16.9. The second kappa shape index (κ2) is 8.89. The Balaban J connectivity index is 3.08. The van der Waals surface area contributed by atoms with Gasteiger partial charge in [0.25, 0.3) is 11.9 Å². The molecule has 1 aromatic rings. The number of ether oxygens (including phenoxy) is 6. The van der Waals surface area contributed by atoms with Crippen LogP contribution in [0.3, 0.4) is 0 Å². The molecule has 0 amide bonds. The molecule has 1 rings (SSSR count). The highest BCUT2D eigenvalue weighted by Crippen LogP contribution is 2.35. The minimum atomic E-state index is -1.12. The summed E-state index contributed by atoms with van der Waals surface area (Å²) in [5.74, 6) is -2.50. The van der Waals surface area contributed by atoms with Crippen molar-refractivity contribution in [3.05, 3.63) is 35.4 Å². The van der Waals surface area contributed by atoms with Gasteiger partial charge in [0.15, 0.2) is 0 Å². The molecule has 0 radical (unpaired) electrons. The fourth-order valence-corrected chi connectivity index (χ4v) is 3.04. The smallest absolute Gasteiger partial charge is 0.289 e. The zero-order valence-electron chi connectivity index (χ0n) is 15.9. The van der Waals surface area contributed by atoms with Crippen LogP contribution in [-0.2, 0) is 28.4 Å². The van der Waals surface area contributed by atoms with Gasteiger partial charge >= 0.3 is 0 Å². The van der Waals surface area contributed by atoms with Crippen molar-refractivity contribution >= 4 is 0 Å². The van der Waals surface area contributed by atoms with E-state index in [4.69, 9.17) is 28.4 Å². The average Bonchev–Trinajstić information content (AvgIpc) is 2.65. The van der Waals surface area contributed by atoms with E-state index in [9.17, 15) is 0 Å². The zero-order chi connectivity index (χ0) is 18.4. The van der Waals surface area contributed by atoms with Gasteiger partial charge in [0, 0.05) is 42.7 Å². The SMILES string of the molecule is COC(OC)(OC)C(C)c1ccc(C(C)C(OC)(OC)OC)cc1. The van der Waals surface area contributed by atoms with Gasteiger partial charge in [-0.25, -0.2) is 0 Å². The monoisotopic (exact) mass is 342 g/mol. The Morgan fingerprint density at radius 3 is 0.917 bits per heavy atom. The molecule has 1 aromatic carbocycles. The fourth-order valence-electron chi connectivity index (χ4n) is 3.04. The van der Waals surface area contributed by atoms with Crippen LogP contribution in [0.15, 0.2) is 24.3 Å². The Bertz CT molecular complexity index is 417. The number of rotatable bonds is 10. The van der Waals surface area contributed by atoms with E-state index in [-0.39, 0.29) is 11.8 Å². The summed E-state index contributed by atoms with van der Waals surface area (Å²) in [5, 5.41) is 0. The first-order valence-corrected chi connectivity index (χ1v) is 7.81. The van der Waals surface area contributed by atoms with Gasteiger partial charge in [-0.05, 0) is 11.1 Å². The first-order valence-electron chi connectivity index (χ1n) is 7.81. The van der Waals surface area contributed by atoms with Crippen molar-refractivity contribution in [2.75, 3.05) is 42.7 Å². The van der Waals surface area contributed by atoms with E-state index < -0.39 is 11.9 Å². The van der Waals surface area contributed by atoms with E-state index in [1.807, 2.05) is 38.1 Å². The van der Waals surface area contributed by atoms with Gasteiger partial charge in [0.2, 0.25) is 0 Å². The van der Waals surface area contributed by atoms with Gasteiger partial charge < -0.3 is 28.4 Å². The first kappa shape index (κ1) is 21.0. The topological polar surface area (TPSA) is 55.4 Å². The molecule has 0 aliphatic heterocycles. The van der Waals surface area contributed by atoms with E-state index in [1.54, 1.807) is 42.7 Å². The van der Waals surface area contributed by atoms with E-state index in [0.29, 0.717) is 0 Å². The van der Waals surface area contributed by atoms with E-state index in [1.165, 1.54) is 0 Å². The van der Waals surface area contributed by atoms with Crippen molar-refractivity contribution in [3.8, 4) is 0 Å². The normalized spacial score (nSPS) is 15.3. The van der Waals surface area contributed by atoms with Crippen molar-refractivity contribution in [1.29, 1.82) is 0 Å². The summed E-state index contributed by atoms with van der Waals surface area (Å²) in [7, 11) is 9.36. The van der Waals surface area contributed by atoms with E-state index >= 15 is 0 Å². The van der Waals surface area contributed by atoms with E-state index in [0.717, 1.165) is 11.1 Å². The quantitative estimate of drug-likeness (QED) is 0.609. The molecule has 2 unspecified atom stereocenters. The van der Waals surface area contributed by atoms with Crippen molar-refractivity contribution in [2.24, 2.45) is 0 Å². The molecular formula is C18H30O6. The largest absolute Gasteiger partial charge is 0.330 e. The highest BCUT2D eigenvalue weighted by molar-refractivity contribution is 5.29. The zero-order valence-corrected chi connectivity index (χ0v) is 15.9. The minimum absolute atomic E-state index is 0.126. The Kier molecular flexibility index (Phi) is 7.79. The summed E-state index contributed by atoms with van der Waals surface area (Å²) in [4.78, 5) is 0. The summed E-state index contributed by atoms with van der Waals surface area (Å²) in [6.07, 6.45) is 0. The molecule has 0 spiro atoms. The molecule has 0 N–H and O–H groups in total. The molecule has 2 atom stereocenters. The van der Waals surface area contributed by atoms with Crippen molar-refractivity contribution in [3.63, 3.8) is 0 Å². The molecule has 0 saturated heterocycles. The molecule has 0 aliphatic rings. The van der Waals surface area contributed by atoms with Crippen LogP contribution in [0.2, 0.25) is 0 Å². The maximum absolute atomic E-state index is 5.43. The van der Waals surface area contributed by atoms with Crippen LogP contribution in [0.25, 0.3) is 0 Å². The lowest BCUT2D eigenvalue weighted by Gasteiger charge is -2.36. The lowest BCUT2D eigenvalue weighted by molar-refractivity contribution is -0.362.